The molecule has 6 nitrogen and oxygen atoms in total. The van der Waals surface area contributed by atoms with Crippen LogP contribution in [0.2, 0.25) is 0 Å². The molecule has 0 bridgehead atoms. The summed E-state index contributed by atoms with van der Waals surface area (Å²) in [6.07, 6.45) is 0. The topological polar surface area (TPSA) is 101 Å². The van der Waals surface area contributed by atoms with Gasteiger partial charge in [0.1, 0.15) is 6.04 Å². The summed E-state index contributed by atoms with van der Waals surface area (Å²) in [5.74, 6) is -0.228. The third kappa shape index (κ3) is 4.80. The lowest BCUT2D eigenvalue weighted by atomic mass is 10.2. The van der Waals surface area contributed by atoms with E-state index in [0.29, 0.717) is 5.69 Å². The van der Waals surface area contributed by atoms with Gasteiger partial charge < -0.3 is 10.6 Å². The Morgan fingerprint density at radius 1 is 1.00 bits per heavy atom. The van der Waals surface area contributed by atoms with Crippen molar-refractivity contribution in [1.29, 1.82) is 0 Å². The highest BCUT2D eigenvalue weighted by molar-refractivity contribution is 7.89. The molecule has 0 saturated heterocycles. The highest BCUT2D eigenvalue weighted by Crippen LogP contribution is 2.14. The van der Waals surface area contributed by atoms with E-state index in [9.17, 15) is 13.2 Å². The number of anilines is 2. The van der Waals surface area contributed by atoms with Gasteiger partial charge in [-0.3, -0.25) is 4.79 Å². The summed E-state index contributed by atoms with van der Waals surface area (Å²) in [5.41, 5.74) is 2.49. The van der Waals surface area contributed by atoms with Crippen LogP contribution >= 0.6 is 0 Å². The van der Waals surface area contributed by atoms with Crippen LogP contribution in [0.25, 0.3) is 0 Å². The Labute approximate surface area is 135 Å². The molecule has 2 aromatic rings. The Bertz CT molecular complexity index is 784. The molecule has 1 atom stereocenters. The second-order valence-electron chi connectivity index (χ2n) is 5.29. The quantitative estimate of drug-likeness (QED) is 0.779. The van der Waals surface area contributed by atoms with Gasteiger partial charge in [-0.15, -0.1) is 0 Å². The summed E-state index contributed by atoms with van der Waals surface area (Å²) in [7, 11) is -3.73. The van der Waals surface area contributed by atoms with Gasteiger partial charge in [0, 0.05) is 11.4 Å². The van der Waals surface area contributed by atoms with Crippen molar-refractivity contribution in [3.63, 3.8) is 0 Å². The predicted octanol–water partition coefficient (Wildman–Crippen LogP) is 2.08. The zero-order valence-electron chi connectivity index (χ0n) is 12.9. The molecule has 2 rings (SSSR count). The van der Waals surface area contributed by atoms with E-state index in [1.165, 1.54) is 24.3 Å². The van der Waals surface area contributed by atoms with Crippen LogP contribution in [0.5, 0.6) is 0 Å². The minimum absolute atomic E-state index is 0.00123. The standard InChI is InChI=1S/C16H19N3O3S/c1-11-3-5-13(6-4-11)18-12(2)16(20)19-14-7-9-15(10-8-14)23(17,21)22/h3-10,12,18H,1-2H3,(H,19,20)(H2,17,21,22)/t12-/m1/s1. The summed E-state index contributed by atoms with van der Waals surface area (Å²) in [5, 5.41) is 10.8. The molecule has 0 saturated carbocycles. The number of carbonyl (C=O) groups excluding carboxylic acids is 1. The Balaban J connectivity index is 1.99. The highest BCUT2D eigenvalue weighted by atomic mass is 32.2. The second kappa shape index (κ2) is 6.80. The van der Waals surface area contributed by atoms with Crippen LogP contribution in [0.15, 0.2) is 53.4 Å². The first-order valence-electron chi connectivity index (χ1n) is 7.02. The van der Waals surface area contributed by atoms with Gasteiger partial charge >= 0.3 is 0 Å². The van der Waals surface area contributed by atoms with Crippen LogP contribution in [-0.4, -0.2) is 20.4 Å². The molecule has 0 radical (unpaired) electrons. The summed E-state index contributed by atoms with van der Waals surface area (Å²) in [6, 6.07) is 13.0. The average Bonchev–Trinajstić information content (AvgIpc) is 2.49. The number of carbonyl (C=O) groups is 1. The monoisotopic (exact) mass is 333 g/mol. The third-order valence-electron chi connectivity index (χ3n) is 3.28. The first-order chi connectivity index (χ1) is 10.8. The van der Waals surface area contributed by atoms with Crippen molar-refractivity contribution in [2.45, 2.75) is 24.8 Å². The van der Waals surface area contributed by atoms with E-state index in [1.54, 1.807) is 6.92 Å². The number of hydrogen-bond acceptors (Lipinski definition) is 4. The molecular formula is C16H19N3O3S. The van der Waals surface area contributed by atoms with Gasteiger partial charge in [0.05, 0.1) is 4.90 Å². The zero-order chi connectivity index (χ0) is 17.0. The normalized spacial score (nSPS) is 12.5. The van der Waals surface area contributed by atoms with Gasteiger partial charge in [-0.1, -0.05) is 17.7 Å². The molecule has 0 aliphatic rings. The molecule has 0 spiro atoms. The molecule has 4 N–H and O–H groups in total. The van der Waals surface area contributed by atoms with E-state index in [-0.39, 0.29) is 10.8 Å². The minimum Gasteiger partial charge on any atom is -0.374 e. The van der Waals surface area contributed by atoms with E-state index in [0.717, 1.165) is 11.3 Å². The molecule has 0 aliphatic carbocycles. The molecule has 122 valence electrons. The summed E-state index contributed by atoms with van der Waals surface area (Å²) in [4.78, 5) is 12.2. The molecule has 2 aromatic carbocycles. The smallest absolute Gasteiger partial charge is 0.246 e. The van der Waals surface area contributed by atoms with Gasteiger partial charge in [-0.25, -0.2) is 13.6 Å². The molecule has 0 aromatic heterocycles. The fourth-order valence-corrected chi connectivity index (χ4v) is 2.46. The second-order valence-corrected chi connectivity index (χ2v) is 6.85. The first-order valence-corrected chi connectivity index (χ1v) is 8.57. The van der Waals surface area contributed by atoms with Gasteiger partial charge in [0.25, 0.3) is 0 Å². The Morgan fingerprint density at radius 2 is 1.52 bits per heavy atom. The molecule has 0 unspecified atom stereocenters. The average molecular weight is 333 g/mol. The lowest BCUT2D eigenvalue weighted by molar-refractivity contribution is -0.116. The van der Waals surface area contributed by atoms with Crippen molar-refractivity contribution in [3.8, 4) is 0 Å². The Morgan fingerprint density at radius 3 is 2.04 bits per heavy atom. The maximum absolute atomic E-state index is 12.1. The van der Waals surface area contributed by atoms with Crippen LogP contribution in [0.3, 0.4) is 0 Å². The van der Waals surface area contributed by atoms with Crippen molar-refractivity contribution in [1.82, 2.24) is 0 Å². The van der Waals surface area contributed by atoms with Crippen LogP contribution in [-0.2, 0) is 14.8 Å². The van der Waals surface area contributed by atoms with Crippen molar-refractivity contribution < 1.29 is 13.2 Å². The van der Waals surface area contributed by atoms with Crippen molar-refractivity contribution >= 4 is 27.3 Å². The number of hydrogen-bond donors (Lipinski definition) is 3. The molecule has 0 aliphatic heterocycles. The van der Waals surface area contributed by atoms with Crippen molar-refractivity contribution in [3.05, 3.63) is 54.1 Å². The van der Waals surface area contributed by atoms with Gasteiger partial charge in [0.2, 0.25) is 15.9 Å². The number of nitrogens with two attached hydrogens (primary N) is 1. The molecule has 7 heteroatoms. The molecule has 1 amide bonds. The molecule has 0 fully saturated rings. The van der Waals surface area contributed by atoms with Crippen LogP contribution in [0, 0.1) is 6.92 Å². The van der Waals surface area contributed by atoms with Crippen LogP contribution in [0.1, 0.15) is 12.5 Å². The predicted molar refractivity (Wildman–Crippen MR) is 90.7 cm³/mol. The van der Waals surface area contributed by atoms with E-state index < -0.39 is 16.1 Å². The van der Waals surface area contributed by atoms with E-state index in [1.807, 2.05) is 31.2 Å². The lowest BCUT2D eigenvalue weighted by Gasteiger charge is -2.15. The number of nitrogens with one attached hydrogen (secondary N) is 2. The van der Waals surface area contributed by atoms with E-state index >= 15 is 0 Å². The largest absolute Gasteiger partial charge is 0.374 e. The number of aryl methyl sites for hydroxylation is 1. The fraction of sp³-hybridized carbons (Fsp3) is 0.188. The summed E-state index contributed by atoms with van der Waals surface area (Å²) in [6.45, 7) is 3.74. The molecule has 23 heavy (non-hydrogen) atoms. The summed E-state index contributed by atoms with van der Waals surface area (Å²) >= 11 is 0. The number of benzene rings is 2. The third-order valence-corrected chi connectivity index (χ3v) is 4.21. The van der Waals surface area contributed by atoms with Crippen LogP contribution < -0.4 is 15.8 Å². The van der Waals surface area contributed by atoms with Crippen molar-refractivity contribution in [2.24, 2.45) is 5.14 Å². The number of rotatable bonds is 5. The maximum atomic E-state index is 12.1. The number of sulfonamides is 1. The maximum Gasteiger partial charge on any atom is 0.246 e. The fourth-order valence-electron chi connectivity index (χ4n) is 1.94. The highest BCUT2D eigenvalue weighted by Gasteiger charge is 2.13. The lowest BCUT2D eigenvalue weighted by Crippen LogP contribution is -2.31. The van der Waals surface area contributed by atoms with E-state index in [4.69, 9.17) is 5.14 Å². The minimum atomic E-state index is -3.73. The van der Waals surface area contributed by atoms with E-state index in [2.05, 4.69) is 10.6 Å². The Hall–Kier alpha value is -2.38. The first kappa shape index (κ1) is 17.0. The zero-order valence-corrected chi connectivity index (χ0v) is 13.7. The van der Waals surface area contributed by atoms with Crippen LogP contribution in [0.4, 0.5) is 11.4 Å². The molecule has 0 heterocycles. The van der Waals surface area contributed by atoms with Crippen molar-refractivity contribution in [2.75, 3.05) is 10.6 Å². The number of primary sulfonamides is 1. The SMILES string of the molecule is Cc1ccc(N[C@H](C)C(=O)Nc2ccc(S(N)(=O)=O)cc2)cc1. The van der Waals surface area contributed by atoms with Gasteiger partial charge in [-0.05, 0) is 50.2 Å². The molecular weight excluding hydrogens is 314 g/mol. The van der Waals surface area contributed by atoms with Gasteiger partial charge in [-0.2, -0.15) is 0 Å². The van der Waals surface area contributed by atoms with Gasteiger partial charge in [0.15, 0.2) is 0 Å². The number of amides is 1. The Kier molecular flexibility index (Phi) is 5.02. The summed E-state index contributed by atoms with van der Waals surface area (Å²) < 4.78 is 22.4.